The van der Waals surface area contributed by atoms with Crippen LogP contribution in [0.25, 0.3) is 0 Å². The highest BCUT2D eigenvalue weighted by molar-refractivity contribution is 5.46. The molecule has 0 aromatic carbocycles. The van der Waals surface area contributed by atoms with Gasteiger partial charge in [0, 0.05) is 12.6 Å². The van der Waals surface area contributed by atoms with Gasteiger partial charge in [-0.25, -0.2) is 0 Å². The van der Waals surface area contributed by atoms with E-state index in [0.717, 1.165) is 12.2 Å². The number of pyridine rings is 1. The molecule has 1 aromatic heterocycles. The first-order chi connectivity index (χ1) is 7.68. The van der Waals surface area contributed by atoms with Gasteiger partial charge in [0.05, 0.1) is 23.7 Å². The molecule has 1 aliphatic heterocycles. The standard InChI is InChI=1S/C13H20N2O/c1-10-5-3-4-8-15(10)12-6-7-13(11(2)16)14-9-12/h6-7,9-11,16H,3-5,8H2,1-2H3/t10?,11-/m1/s1. The molecule has 3 nitrogen and oxygen atoms in total. The van der Waals surface area contributed by atoms with Gasteiger partial charge in [-0.15, -0.1) is 0 Å². The van der Waals surface area contributed by atoms with Crippen LogP contribution in [0.1, 0.15) is 44.9 Å². The molecule has 0 saturated carbocycles. The Morgan fingerprint density at radius 2 is 2.25 bits per heavy atom. The Morgan fingerprint density at radius 1 is 1.44 bits per heavy atom. The van der Waals surface area contributed by atoms with Crippen LogP contribution >= 0.6 is 0 Å². The second-order valence-corrected chi connectivity index (χ2v) is 4.66. The Morgan fingerprint density at radius 3 is 2.81 bits per heavy atom. The summed E-state index contributed by atoms with van der Waals surface area (Å²) < 4.78 is 0. The lowest BCUT2D eigenvalue weighted by atomic mass is 10.0. The van der Waals surface area contributed by atoms with Crippen molar-refractivity contribution in [1.29, 1.82) is 0 Å². The first-order valence-corrected chi connectivity index (χ1v) is 6.09. The minimum atomic E-state index is -0.479. The maximum absolute atomic E-state index is 9.40. The van der Waals surface area contributed by atoms with E-state index in [9.17, 15) is 5.11 Å². The van der Waals surface area contributed by atoms with Crippen molar-refractivity contribution in [2.24, 2.45) is 0 Å². The SMILES string of the molecule is CC1CCCCN1c1ccc([C@@H](C)O)nc1. The summed E-state index contributed by atoms with van der Waals surface area (Å²) in [5.74, 6) is 0. The van der Waals surface area contributed by atoms with E-state index in [-0.39, 0.29) is 0 Å². The van der Waals surface area contributed by atoms with Crippen molar-refractivity contribution in [2.75, 3.05) is 11.4 Å². The van der Waals surface area contributed by atoms with Gasteiger partial charge >= 0.3 is 0 Å². The number of anilines is 1. The number of hydrogen-bond acceptors (Lipinski definition) is 3. The van der Waals surface area contributed by atoms with E-state index in [2.05, 4.69) is 22.9 Å². The summed E-state index contributed by atoms with van der Waals surface area (Å²) in [4.78, 5) is 6.70. The van der Waals surface area contributed by atoms with E-state index >= 15 is 0 Å². The number of aliphatic hydroxyl groups excluding tert-OH is 1. The van der Waals surface area contributed by atoms with E-state index < -0.39 is 6.10 Å². The molecule has 1 unspecified atom stereocenters. The summed E-state index contributed by atoms with van der Waals surface area (Å²) in [6, 6.07) is 4.59. The van der Waals surface area contributed by atoms with Gasteiger partial charge in [0.1, 0.15) is 0 Å². The number of aliphatic hydroxyl groups is 1. The van der Waals surface area contributed by atoms with E-state index in [4.69, 9.17) is 0 Å². The number of aromatic nitrogens is 1. The Hall–Kier alpha value is -1.09. The fourth-order valence-electron chi connectivity index (χ4n) is 2.30. The van der Waals surface area contributed by atoms with Crippen LogP contribution < -0.4 is 4.90 Å². The van der Waals surface area contributed by atoms with Crippen LogP contribution in [0, 0.1) is 0 Å². The molecule has 2 heterocycles. The predicted molar refractivity (Wildman–Crippen MR) is 65.5 cm³/mol. The molecule has 2 atom stereocenters. The highest BCUT2D eigenvalue weighted by Gasteiger charge is 2.18. The van der Waals surface area contributed by atoms with Crippen molar-refractivity contribution in [2.45, 2.75) is 45.3 Å². The molecule has 88 valence electrons. The van der Waals surface area contributed by atoms with Crippen molar-refractivity contribution in [3.05, 3.63) is 24.0 Å². The zero-order valence-corrected chi connectivity index (χ0v) is 10.1. The lowest BCUT2D eigenvalue weighted by Gasteiger charge is -2.35. The lowest BCUT2D eigenvalue weighted by Crippen LogP contribution is -2.37. The molecule has 1 aliphatic rings. The van der Waals surface area contributed by atoms with E-state index in [0.29, 0.717) is 6.04 Å². The van der Waals surface area contributed by atoms with Gasteiger partial charge in [-0.05, 0) is 45.2 Å². The van der Waals surface area contributed by atoms with Crippen molar-refractivity contribution >= 4 is 5.69 Å². The van der Waals surface area contributed by atoms with Gasteiger partial charge in [-0.2, -0.15) is 0 Å². The molecule has 1 aromatic rings. The first-order valence-electron chi connectivity index (χ1n) is 6.09. The fraction of sp³-hybridized carbons (Fsp3) is 0.615. The van der Waals surface area contributed by atoms with Crippen molar-refractivity contribution in [1.82, 2.24) is 4.98 Å². The summed E-state index contributed by atoms with van der Waals surface area (Å²) in [5, 5.41) is 9.40. The van der Waals surface area contributed by atoms with Crippen molar-refractivity contribution < 1.29 is 5.11 Å². The van der Waals surface area contributed by atoms with Crippen LogP contribution in [0.4, 0.5) is 5.69 Å². The first kappa shape index (κ1) is 11.4. The quantitative estimate of drug-likeness (QED) is 0.832. The van der Waals surface area contributed by atoms with E-state index in [1.165, 1.54) is 24.9 Å². The molecular formula is C13H20N2O. The highest BCUT2D eigenvalue weighted by atomic mass is 16.3. The van der Waals surface area contributed by atoms with Crippen molar-refractivity contribution in [3.8, 4) is 0 Å². The molecule has 0 bridgehead atoms. The average molecular weight is 220 g/mol. The maximum Gasteiger partial charge on any atom is 0.0931 e. The van der Waals surface area contributed by atoms with E-state index in [1.807, 2.05) is 12.3 Å². The predicted octanol–water partition coefficient (Wildman–Crippen LogP) is 2.51. The van der Waals surface area contributed by atoms with Crippen LogP contribution in [0.15, 0.2) is 18.3 Å². The second kappa shape index (κ2) is 4.83. The third-order valence-corrected chi connectivity index (χ3v) is 3.33. The summed E-state index contributed by atoms with van der Waals surface area (Å²) in [5.41, 5.74) is 1.92. The summed E-state index contributed by atoms with van der Waals surface area (Å²) in [7, 11) is 0. The topological polar surface area (TPSA) is 36.4 Å². The zero-order valence-electron chi connectivity index (χ0n) is 10.1. The van der Waals surface area contributed by atoms with Crippen LogP contribution in [0.2, 0.25) is 0 Å². The molecule has 0 amide bonds. The van der Waals surface area contributed by atoms with Gasteiger partial charge in [0.15, 0.2) is 0 Å². The minimum Gasteiger partial charge on any atom is -0.387 e. The van der Waals surface area contributed by atoms with Gasteiger partial charge < -0.3 is 10.0 Å². The Balaban J connectivity index is 2.14. The minimum absolute atomic E-state index is 0.479. The zero-order chi connectivity index (χ0) is 11.5. The third-order valence-electron chi connectivity index (χ3n) is 3.33. The van der Waals surface area contributed by atoms with Crippen molar-refractivity contribution in [3.63, 3.8) is 0 Å². The third kappa shape index (κ3) is 2.35. The van der Waals surface area contributed by atoms with Crippen LogP contribution in [-0.4, -0.2) is 22.7 Å². The summed E-state index contributed by atoms with van der Waals surface area (Å²) in [6.07, 6.45) is 5.26. The second-order valence-electron chi connectivity index (χ2n) is 4.66. The molecule has 1 saturated heterocycles. The Kier molecular flexibility index (Phi) is 3.44. The molecule has 0 spiro atoms. The molecule has 0 radical (unpaired) electrons. The van der Waals surface area contributed by atoms with Crippen LogP contribution in [0.5, 0.6) is 0 Å². The molecular weight excluding hydrogens is 200 g/mol. The largest absolute Gasteiger partial charge is 0.387 e. The van der Waals surface area contributed by atoms with Gasteiger partial charge in [0.25, 0.3) is 0 Å². The molecule has 1 fully saturated rings. The lowest BCUT2D eigenvalue weighted by molar-refractivity contribution is 0.194. The summed E-state index contributed by atoms with van der Waals surface area (Å²) in [6.45, 7) is 5.13. The van der Waals surface area contributed by atoms with E-state index in [1.54, 1.807) is 6.92 Å². The number of hydrogen-bond donors (Lipinski definition) is 1. The van der Waals surface area contributed by atoms with Crippen LogP contribution in [0.3, 0.4) is 0 Å². The number of rotatable bonds is 2. The Bertz CT molecular complexity index is 334. The molecule has 1 N–H and O–H groups in total. The normalized spacial score (nSPS) is 23.2. The molecule has 0 aliphatic carbocycles. The monoisotopic (exact) mass is 220 g/mol. The summed E-state index contributed by atoms with van der Waals surface area (Å²) >= 11 is 0. The maximum atomic E-state index is 9.40. The van der Waals surface area contributed by atoms with Crippen LogP contribution in [-0.2, 0) is 0 Å². The van der Waals surface area contributed by atoms with Gasteiger partial charge in [-0.1, -0.05) is 0 Å². The molecule has 16 heavy (non-hydrogen) atoms. The highest BCUT2D eigenvalue weighted by Crippen LogP contribution is 2.24. The average Bonchev–Trinajstić information content (AvgIpc) is 2.30. The number of nitrogens with zero attached hydrogens (tertiary/aromatic N) is 2. The molecule has 2 rings (SSSR count). The van der Waals surface area contributed by atoms with Gasteiger partial charge in [-0.3, -0.25) is 4.98 Å². The fourth-order valence-corrected chi connectivity index (χ4v) is 2.30. The van der Waals surface area contributed by atoms with Gasteiger partial charge in [0.2, 0.25) is 0 Å². The molecule has 3 heteroatoms. The Labute approximate surface area is 97.1 Å². The number of piperidine rings is 1. The smallest absolute Gasteiger partial charge is 0.0931 e.